The maximum absolute atomic E-state index is 12.4. The molecule has 110 valence electrons. The number of hydrogen-bond donors (Lipinski definition) is 1. The van der Waals surface area contributed by atoms with Crippen molar-refractivity contribution < 1.29 is 19.4 Å². The number of aliphatic hydroxyl groups excluding tert-OH is 1. The minimum absolute atomic E-state index is 0.0401. The normalized spacial score (nSPS) is 22.6. The zero-order valence-corrected chi connectivity index (χ0v) is 11.9. The van der Waals surface area contributed by atoms with Gasteiger partial charge < -0.3 is 19.5 Å². The highest BCUT2D eigenvalue weighted by Crippen LogP contribution is 2.17. The number of carbonyl (C=O) groups excluding carboxylic acids is 1. The predicted octanol–water partition coefficient (Wildman–Crippen LogP) is 1.31. The van der Waals surface area contributed by atoms with Crippen molar-refractivity contribution in [2.45, 2.75) is 26.1 Å². The Morgan fingerprint density at radius 3 is 2.70 bits per heavy atom. The molecular weight excluding hydrogens is 258 g/mol. The molecule has 1 heterocycles. The first-order valence-electron chi connectivity index (χ1n) is 6.92. The molecular formula is C15H21NO4. The van der Waals surface area contributed by atoms with E-state index in [1.165, 1.54) is 0 Å². The Hall–Kier alpha value is -1.59. The molecule has 1 aromatic carbocycles. The highest BCUT2D eigenvalue weighted by atomic mass is 16.5. The average molecular weight is 279 g/mol. The molecule has 0 unspecified atom stereocenters. The number of morpholine rings is 1. The second-order valence-electron chi connectivity index (χ2n) is 4.92. The van der Waals surface area contributed by atoms with E-state index in [4.69, 9.17) is 9.47 Å². The van der Waals surface area contributed by atoms with Crippen molar-refractivity contribution in [2.75, 3.05) is 26.3 Å². The van der Waals surface area contributed by atoms with Crippen molar-refractivity contribution in [1.29, 1.82) is 0 Å². The molecule has 0 aliphatic carbocycles. The quantitative estimate of drug-likeness (QED) is 0.902. The lowest BCUT2D eigenvalue weighted by Gasteiger charge is -2.36. The molecule has 0 saturated carbocycles. The smallest absolute Gasteiger partial charge is 0.254 e. The maximum Gasteiger partial charge on any atom is 0.254 e. The summed E-state index contributed by atoms with van der Waals surface area (Å²) in [5.41, 5.74) is 0.624. The van der Waals surface area contributed by atoms with E-state index < -0.39 is 0 Å². The van der Waals surface area contributed by atoms with E-state index in [1.54, 1.807) is 29.2 Å². The van der Waals surface area contributed by atoms with Crippen molar-refractivity contribution in [2.24, 2.45) is 0 Å². The van der Waals surface area contributed by atoms with Crippen LogP contribution in [0.5, 0.6) is 5.75 Å². The number of benzene rings is 1. The Labute approximate surface area is 119 Å². The number of rotatable bonds is 4. The van der Waals surface area contributed by atoms with Crippen LogP contribution in [0.4, 0.5) is 0 Å². The van der Waals surface area contributed by atoms with Gasteiger partial charge in [0.25, 0.3) is 5.91 Å². The lowest BCUT2D eigenvalue weighted by atomic mass is 10.1. The summed E-state index contributed by atoms with van der Waals surface area (Å²) in [6, 6.07) is 7.12. The third-order valence-electron chi connectivity index (χ3n) is 3.23. The second-order valence-corrected chi connectivity index (χ2v) is 4.92. The number of aliphatic hydroxyl groups is 1. The molecule has 5 heteroatoms. The van der Waals surface area contributed by atoms with E-state index in [2.05, 4.69) is 0 Å². The fraction of sp³-hybridized carbons (Fsp3) is 0.533. The van der Waals surface area contributed by atoms with Gasteiger partial charge in [-0.3, -0.25) is 4.79 Å². The molecule has 1 fully saturated rings. The molecule has 1 aromatic rings. The lowest BCUT2D eigenvalue weighted by Crippen LogP contribution is -2.50. The molecule has 0 radical (unpaired) electrons. The molecule has 0 aromatic heterocycles. The standard InChI is InChI=1S/C15H21NO4/c1-3-19-13-6-4-12(5-7-13)15(18)16-8-11(2)20-14(9-16)10-17/h4-7,11,14,17H,3,8-10H2,1-2H3/t11-,14-/m0/s1. The van der Waals surface area contributed by atoms with Crippen molar-refractivity contribution in [3.63, 3.8) is 0 Å². The summed E-state index contributed by atoms with van der Waals surface area (Å²) in [7, 11) is 0. The van der Waals surface area contributed by atoms with Gasteiger partial charge in [-0.05, 0) is 38.1 Å². The Morgan fingerprint density at radius 2 is 2.10 bits per heavy atom. The van der Waals surface area contributed by atoms with Gasteiger partial charge in [0, 0.05) is 18.7 Å². The first-order chi connectivity index (χ1) is 9.63. The van der Waals surface area contributed by atoms with Crippen LogP contribution in [0.15, 0.2) is 24.3 Å². The van der Waals surface area contributed by atoms with Crippen LogP contribution in [0.1, 0.15) is 24.2 Å². The van der Waals surface area contributed by atoms with Crippen LogP contribution in [0, 0.1) is 0 Å². The number of ether oxygens (including phenoxy) is 2. The fourth-order valence-corrected chi connectivity index (χ4v) is 2.35. The van der Waals surface area contributed by atoms with E-state index in [0.29, 0.717) is 25.3 Å². The molecule has 1 aliphatic rings. The van der Waals surface area contributed by atoms with Crippen LogP contribution in [-0.4, -0.2) is 54.4 Å². The van der Waals surface area contributed by atoms with E-state index in [-0.39, 0.29) is 24.7 Å². The molecule has 1 saturated heterocycles. The van der Waals surface area contributed by atoms with Crippen molar-refractivity contribution >= 4 is 5.91 Å². The Balaban J connectivity index is 2.06. The monoisotopic (exact) mass is 279 g/mol. The average Bonchev–Trinajstić information content (AvgIpc) is 2.47. The third kappa shape index (κ3) is 3.49. The van der Waals surface area contributed by atoms with Gasteiger partial charge in [0.1, 0.15) is 5.75 Å². The van der Waals surface area contributed by atoms with E-state index in [0.717, 1.165) is 5.75 Å². The molecule has 5 nitrogen and oxygen atoms in total. The van der Waals surface area contributed by atoms with Gasteiger partial charge in [0.2, 0.25) is 0 Å². The van der Waals surface area contributed by atoms with Gasteiger partial charge in [0.05, 0.1) is 25.4 Å². The number of carbonyl (C=O) groups is 1. The first-order valence-corrected chi connectivity index (χ1v) is 6.92. The largest absolute Gasteiger partial charge is 0.494 e. The summed E-state index contributed by atoms with van der Waals surface area (Å²) in [5, 5.41) is 9.19. The molecule has 20 heavy (non-hydrogen) atoms. The highest BCUT2D eigenvalue weighted by molar-refractivity contribution is 5.94. The minimum atomic E-state index is -0.301. The first kappa shape index (κ1) is 14.8. The molecule has 0 spiro atoms. The van der Waals surface area contributed by atoms with Crippen molar-refractivity contribution in [3.8, 4) is 5.75 Å². The second kappa shape index (κ2) is 6.72. The molecule has 1 N–H and O–H groups in total. The fourth-order valence-electron chi connectivity index (χ4n) is 2.35. The highest BCUT2D eigenvalue weighted by Gasteiger charge is 2.28. The van der Waals surface area contributed by atoms with Gasteiger partial charge in [-0.2, -0.15) is 0 Å². The Morgan fingerprint density at radius 1 is 1.40 bits per heavy atom. The molecule has 0 bridgehead atoms. The van der Waals surface area contributed by atoms with Gasteiger partial charge in [-0.15, -0.1) is 0 Å². The summed E-state index contributed by atoms with van der Waals surface area (Å²) < 4.78 is 10.9. The molecule has 2 atom stereocenters. The van der Waals surface area contributed by atoms with Gasteiger partial charge >= 0.3 is 0 Å². The van der Waals surface area contributed by atoms with Crippen LogP contribution < -0.4 is 4.74 Å². The van der Waals surface area contributed by atoms with Gasteiger partial charge in [-0.25, -0.2) is 0 Å². The maximum atomic E-state index is 12.4. The summed E-state index contributed by atoms with van der Waals surface area (Å²) in [5.74, 6) is 0.717. The summed E-state index contributed by atoms with van der Waals surface area (Å²) in [6.07, 6.45) is -0.363. The van der Waals surface area contributed by atoms with Crippen molar-refractivity contribution in [1.82, 2.24) is 4.90 Å². The Kier molecular flexibility index (Phi) is 4.98. The van der Waals surface area contributed by atoms with Crippen LogP contribution in [-0.2, 0) is 4.74 Å². The van der Waals surface area contributed by atoms with Gasteiger partial charge in [0.15, 0.2) is 0 Å². The molecule has 2 rings (SSSR count). The lowest BCUT2D eigenvalue weighted by molar-refractivity contribution is -0.0858. The van der Waals surface area contributed by atoms with Crippen LogP contribution in [0.2, 0.25) is 0 Å². The summed E-state index contributed by atoms with van der Waals surface area (Å²) >= 11 is 0. The zero-order valence-electron chi connectivity index (χ0n) is 11.9. The SMILES string of the molecule is CCOc1ccc(C(=O)N2C[C@@H](CO)O[C@@H](C)C2)cc1. The zero-order chi connectivity index (χ0) is 14.5. The topological polar surface area (TPSA) is 59.0 Å². The van der Waals surface area contributed by atoms with Crippen LogP contribution in [0.3, 0.4) is 0 Å². The Bertz CT molecular complexity index is 446. The predicted molar refractivity (Wildman–Crippen MR) is 74.9 cm³/mol. The number of nitrogens with zero attached hydrogens (tertiary/aromatic N) is 1. The molecule has 1 aliphatic heterocycles. The van der Waals surface area contributed by atoms with Crippen LogP contribution >= 0.6 is 0 Å². The minimum Gasteiger partial charge on any atom is -0.494 e. The third-order valence-corrected chi connectivity index (χ3v) is 3.23. The summed E-state index contributed by atoms with van der Waals surface area (Å²) in [4.78, 5) is 14.2. The number of hydrogen-bond acceptors (Lipinski definition) is 4. The van der Waals surface area contributed by atoms with Crippen molar-refractivity contribution in [3.05, 3.63) is 29.8 Å². The van der Waals surface area contributed by atoms with E-state index in [9.17, 15) is 9.90 Å². The van der Waals surface area contributed by atoms with Crippen LogP contribution in [0.25, 0.3) is 0 Å². The van der Waals surface area contributed by atoms with Gasteiger partial charge in [-0.1, -0.05) is 0 Å². The molecule has 1 amide bonds. The van der Waals surface area contributed by atoms with E-state index in [1.807, 2.05) is 13.8 Å². The van der Waals surface area contributed by atoms with E-state index >= 15 is 0 Å². The summed E-state index contributed by atoms with van der Waals surface area (Å²) in [6.45, 7) is 5.32. The number of amides is 1.